The van der Waals surface area contributed by atoms with Crippen molar-refractivity contribution in [2.45, 2.75) is 41.5 Å². The Morgan fingerprint density at radius 3 is 1.64 bits per heavy atom. The average molecular weight is 787 g/mol. The van der Waals surface area contributed by atoms with Crippen LogP contribution < -0.4 is 16.1 Å². The molecule has 4 heterocycles. The van der Waals surface area contributed by atoms with Gasteiger partial charge in [0.25, 0.3) is 11.9 Å². The molecule has 4 aromatic heterocycles. The zero-order valence-corrected chi connectivity index (χ0v) is 31.5. The Hall–Kier alpha value is -6.57. The Balaban J connectivity index is 0.000000201. The van der Waals surface area contributed by atoms with Crippen molar-refractivity contribution in [3.63, 3.8) is 0 Å². The van der Waals surface area contributed by atoms with E-state index >= 15 is 0 Å². The molecule has 56 heavy (non-hydrogen) atoms. The van der Waals surface area contributed by atoms with Crippen molar-refractivity contribution in [1.82, 2.24) is 39.5 Å². The van der Waals surface area contributed by atoms with Crippen LogP contribution >= 0.6 is 11.6 Å². The van der Waals surface area contributed by atoms with Crippen LogP contribution in [0.25, 0.3) is 23.2 Å². The van der Waals surface area contributed by atoms with E-state index in [1.165, 1.54) is 54.9 Å². The highest BCUT2D eigenvalue weighted by atomic mass is 35.5. The molecule has 6 rings (SSSR count). The molecule has 20 heteroatoms. The predicted octanol–water partition coefficient (Wildman–Crippen LogP) is 4.07. The number of hydrogen-bond donors (Lipinski definition) is 4. The summed E-state index contributed by atoms with van der Waals surface area (Å²) in [7, 11) is -1.88. The number of aldehydes is 2. The molecule has 288 valence electrons. The number of carbonyl (C=O) groups is 4. The first-order valence-electron chi connectivity index (χ1n) is 16.4. The Kier molecular flexibility index (Phi) is 14.1. The van der Waals surface area contributed by atoms with Crippen LogP contribution in [0.15, 0.2) is 60.7 Å². The van der Waals surface area contributed by atoms with Gasteiger partial charge in [0, 0.05) is 59.5 Å². The van der Waals surface area contributed by atoms with Gasteiger partial charge in [0.2, 0.25) is 11.8 Å². The lowest BCUT2D eigenvalue weighted by Crippen LogP contribution is -2.33. The summed E-state index contributed by atoms with van der Waals surface area (Å²) < 4.78 is 30.1. The molecule has 0 saturated heterocycles. The first kappa shape index (κ1) is 42.2. The molecule has 0 unspecified atom stereocenters. The van der Waals surface area contributed by atoms with Gasteiger partial charge in [-0.2, -0.15) is 25.1 Å². The van der Waals surface area contributed by atoms with E-state index in [9.17, 15) is 28.0 Å². The van der Waals surface area contributed by atoms with Crippen molar-refractivity contribution in [2.24, 2.45) is 0 Å². The Morgan fingerprint density at radius 1 is 0.696 bits per heavy atom. The highest BCUT2D eigenvalue weighted by Crippen LogP contribution is 2.25. The SMILES string of the molecule is CC(=O)Nc1cc(-c2cc(C=O)ccc2F)nc(-n2nc(C)cc2C)n1.CC(=O)Nc1cc(Cl)nc(-n2nc(C)cc2C)n1.O=Cc1ccc(F)c(B(O)O)c1. The predicted molar refractivity (Wildman–Crippen MR) is 203 cm³/mol. The van der Waals surface area contributed by atoms with Crippen LogP contribution in [0.2, 0.25) is 5.15 Å². The van der Waals surface area contributed by atoms with Gasteiger partial charge in [-0.1, -0.05) is 11.6 Å². The molecule has 0 atom stereocenters. The van der Waals surface area contributed by atoms with Crippen molar-refractivity contribution in [2.75, 3.05) is 10.6 Å². The number of aromatic nitrogens is 8. The smallest absolute Gasteiger partial charge is 0.423 e. The quantitative estimate of drug-likeness (QED) is 0.0975. The summed E-state index contributed by atoms with van der Waals surface area (Å²) in [5, 5.41) is 31.2. The Morgan fingerprint density at radius 2 is 1.18 bits per heavy atom. The van der Waals surface area contributed by atoms with E-state index in [0.717, 1.165) is 34.9 Å². The maximum absolute atomic E-state index is 14.3. The zero-order valence-electron chi connectivity index (χ0n) is 30.7. The van der Waals surface area contributed by atoms with E-state index in [-0.39, 0.29) is 51.0 Å². The summed E-state index contributed by atoms with van der Waals surface area (Å²) in [5.74, 6) is -0.742. The lowest BCUT2D eigenvalue weighted by atomic mass is 9.79. The Labute approximate surface area is 323 Å². The van der Waals surface area contributed by atoms with E-state index in [0.29, 0.717) is 29.9 Å². The lowest BCUT2D eigenvalue weighted by Gasteiger charge is -2.10. The number of nitrogens with one attached hydrogen (secondary N) is 2. The third-order valence-corrected chi connectivity index (χ3v) is 7.43. The fraction of sp³-hybridized carbons (Fsp3) is 0.167. The molecule has 16 nitrogen and oxygen atoms in total. The first-order chi connectivity index (χ1) is 26.5. The molecule has 0 bridgehead atoms. The van der Waals surface area contributed by atoms with E-state index in [1.54, 1.807) is 4.68 Å². The maximum atomic E-state index is 14.3. The minimum absolute atomic E-state index is 0.131. The fourth-order valence-corrected chi connectivity index (χ4v) is 5.14. The highest BCUT2D eigenvalue weighted by molar-refractivity contribution is 6.58. The third-order valence-electron chi connectivity index (χ3n) is 7.24. The monoisotopic (exact) mass is 786 g/mol. The number of nitrogens with zero attached hydrogens (tertiary/aromatic N) is 8. The number of rotatable bonds is 8. The molecule has 0 radical (unpaired) electrons. The van der Waals surface area contributed by atoms with Gasteiger partial charge in [0.1, 0.15) is 41.0 Å². The molecule has 0 aliphatic heterocycles. The van der Waals surface area contributed by atoms with E-state index in [1.807, 2.05) is 39.8 Å². The van der Waals surface area contributed by atoms with Crippen LogP contribution in [-0.4, -0.2) is 81.1 Å². The molecule has 0 aliphatic rings. The van der Waals surface area contributed by atoms with Crippen LogP contribution in [0.4, 0.5) is 20.4 Å². The van der Waals surface area contributed by atoms with E-state index in [4.69, 9.17) is 21.6 Å². The minimum atomic E-state index is -1.88. The molecule has 2 amide bonds. The summed E-state index contributed by atoms with van der Waals surface area (Å²) >= 11 is 5.90. The highest BCUT2D eigenvalue weighted by Gasteiger charge is 2.17. The van der Waals surface area contributed by atoms with Crippen molar-refractivity contribution >= 4 is 60.2 Å². The molecule has 0 spiro atoms. The number of halogens is 3. The zero-order chi connectivity index (χ0) is 41.3. The summed E-state index contributed by atoms with van der Waals surface area (Å²) in [5.41, 5.74) is 3.90. The van der Waals surface area contributed by atoms with Gasteiger partial charge in [-0.3, -0.25) is 19.2 Å². The van der Waals surface area contributed by atoms with E-state index < -0.39 is 18.8 Å². The van der Waals surface area contributed by atoms with Crippen molar-refractivity contribution in [3.8, 4) is 23.2 Å². The van der Waals surface area contributed by atoms with Crippen molar-refractivity contribution < 1.29 is 38.0 Å². The average Bonchev–Trinajstić information content (AvgIpc) is 3.66. The standard InChI is InChI=1S/C18H16FN5O2.C11H12ClN5O.C7H6BFO3/c1-10-6-11(2)24(23-10)18-21-16(8-17(22-18)20-12(3)26)14-7-13(9-25)4-5-15(14)19;1-6-4-7(2)17(16-6)11-14-9(12)5-10(15-11)13-8(3)18;9-7-2-1-5(4-10)3-6(7)8(11)12/h4-9H,1-3H3,(H,20,21,22,26);4-5H,1-3H3,(H,13,14,15,18);1-4,11-12H. The van der Waals surface area contributed by atoms with E-state index in [2.05, 4.69) is 40.8 Å². The normalized spacial score (nSPS) is 10.3. The topological polar surface area (TPSA) is 220 Å². The third kappa shape index (κ3) is 11.2. The number of benzene rings is 2. The molecular formula is C36H34BClF2N10O6. The maximum Gasteiger partial charge on any atom is 0.491 e. The van der Waals surface area contributed by atoms with Gasteiger partial charge >= 0.3 is 7.12 Å². The van der Waals surface area contributed by atoms with Crippen LogP contribution in [0.1, 0.15) is 57.3 Å². The second-order valence-corrected chi connectivity index (χ2v) is 12.4. The number of carbonyl (C=O) groups excluding carboxylic acids is 4. The molecule has 0 fully saturated rings. The van der Waals surface area contributed by atoms with Crippen molar-refractivity contribution in [3.05, 3.63) is 111 Å². The number of amides is 2. The van der Waals surface area contributed by atoms with Crippen LogP contribution in [0, 0.1) is 39.3 Å². The van der Waals surface area contributed by atoms with Gasteiger partial charge in [-0.25, -0.2) is 23.1 Å². The van der Waals surface area contributed by atoms with Gasteiger partial charge < -0.3 is 20.7 Å². The summed E-state index contributed by atoms with van der Waals surface area (Å²) in [6.45, 7) is 10.2. The van der Waals surface area contributed by atoms with Gasteiger partial charge in [0.15, 0.2) is 0 Å². The second kappa shape index (κ2) is 18.7. The van der Waals surface area contributed by atoms with Crippen molar-refractivity contribution in [1.29, 1.82) is 0 Å². The van der Waals surface area contributed by atoms with Crippen LogP contribution in [0.5, 0.6) is 0 Å². The molecule has 4 N–H and O–H groups in total. The van der Waals surface area contributed by atoms with Gasteiger partial charge in [-0.05, 0) is 76.2 Å². The lowest BCUT2D eigenvalue weighted by molar-refractivity contribution is -0.115. The minimum Gasteiger partial charge on any atom is -0.423 e. The fourth-order valence-electron chi connectivity index (χ4n) is 4.96. The second-order valence-electron chi connectivity index (χ2n) is 12.0. The van der Waals surface area contributed by atoms with Gasteiger partial charge in [-0.15, -0.1) is 0 Å². The Bertz CT molecular complexity index is 2420. The molecular weight excluding hydrogens is 753 g/mol. The number of anilines is 2. The number of aryl methyl sites for hydroxylation is 4. The summed E-state index contributed by atoms with van der Waals surface area (Å²) in [6.07, 6.45) is 1.13. The summed E-state index contributed by atoms with van der Waals surface area (Å²) in [6, 6.07) is 14.0. The molecule has 6 aromatic rings. The number of hydrogen-bond acceptors (Lipinski definition) is 12. The first-order valence-corrected chi connectivity index (χ1v) is 16.8. The van der Waals surface area contributed by atoms with Crippen LogP contribution in [0.3, 0.4) is 0 Å². The van der Waals surface area contributed by atoms with Crippen LogP contribution in [-0.2, 0) is 9.59 Å². The largest absolute Gasteiger partial charge is 0.491 e. The molecule has 0 saturated carbocycles. The van der Waals surface area contributed by atoms with Gasteiger partial charge in [0.05, 0.1) is 17.1 Å². The molecule has 2 aromatic carbocycles. The summed E-state index contributed by atoms with van der Waals surface area (Å²) in [4.78, 5) is 60.6. The molecule has 0 aliphatic carbocycles.